The standard InChI is InChI=1S/C19H21N3O5S/c1-12-4-6-19(7-5-12)17(24)22(18(25)20-19)10-16(23)26-11-13-9-14(27-21-13)15-3-2-8-28-15/h2-3,8-9,12H,4-7,10-11H2,1H3,(H,20,25). The van der Waals surface area contributed by atoms with E-state index in [0.717, 1.165) is 22.6 Å². The summed E-state index contributed by atoms with van der Waals surface area (Å²) in [6.07, 6.45) is 2.97. The average molecular weight is 403 g/mol. The summed E-state index contributed by atoms with van der Waals surface area (Å²) in [5, 5.41) is 8.59. The van der Waals surface area contributed by atoms with E-state index in [1.165, 1.54) is 11.3 Å². The van der Waals surface area contributed by atoms with Crippen LogP contribution in [0.3, 0.4) is 0 Å². The van der Waals surface area contributed by atoms with Crippen molar-refractivity contribution >= 4 is 29.2 Å². The van der Waals surface area contributed by atoms with E-state index >= 15 is 0 Å². The van der Waals surface area contributed by atoms with Gasteiger partial charge in [-0.05, 0) is 43.0 Å². The van der Waals surface area contributed by atoms with Crippen molar-refractivity contribution in [2.24, 2.45) is 5.92 Å². The summed E-state index contributed by atoms with van der Waals surface area (Å²) in [7, 11) is 0. The van der Waals surface area contributed by atoms with Crippen LogP contribution in [0.4, 0.5) is 4.79 Å². The molecule has 1 saturated carbocycles. The Hall–Kier alpha value is -2.68. The fraction of sp³-hybridized carbons (Fsp3) is 0.474. The third-order valence-corrected chi connectivity index (χ3v) is 6.25. The molecule has 2 aromatic heterocycles. The number of thiophene rings is 1. The lowest BCUT2D eigenvalue weighted by Gasteiger charge is -2.33. The van der Waals surface area contributed by atoms with Gasteiger partial charge in [0.1, 0.15) is 24.4 Å². The molecule has 2 aromatic rings. The number of nitrogens with one attached hydrogen (secondary N) is 1. The quantitative estimate of drug-likeness (QED) is 0.608. The molecule has 3 amide bonds. The second-order valence-electron chi connectivity index (χ2n) is 7.41. The number of esters is 1. The maximum atomic E-state index is 12.8. The van der Waals surface area contributed by atoms with Gasteiger partial charge in [-0.15, -0.1) is 11.3 Å². The van der Waals surface area contributed by atoms with E-state index in [-0.39, 0.29) is 12.5 Å². The lowest BCUT2D eigenvalue weighted by Crippen LogP contribution is -2.49. The van der Waals surface area contributed by atoms with Gasteiger partial charge in [-0.25, -0.2) is 4.79 Å². The van der Waals surface area contributed by atoms with Gasteiger partial charge < -0.3 is 14.6 Å². The third kappa shape index (κ3) is 3.54. The van der Waals surface area contributed by atoms with Gasteiger partial charge in [-0.3, -0.25) is 14.5 Å². The van der Waals surface area contributed by atoms with Crippen LogP contribution in [0.5, 0.6) is 0 Å². The first-order valence-electron chi connectivity index (χ1n) is 9.26. The number of carbonyl (C=O) groups excluding carboxylic acids is 3. The lowest BCUT2D eigenvalue weighted by molar-refractivity contribution is -0.149. The number of ether oxygens (including phenoxy) is 1. The Morgan fingerprint density at radius 2 is 2.21 bits per heavy atom. The number of rotatable bonds is 5. The number of hydrogen-bond donors (Lipinski definition) is 1. The Balaban J connectivity index is 1.32. The Morgan fingerprint density at radius 3 is 2.93 bits per heavy atom. The summed E-state index contributed by atoms with van der Waals surface area (Å²) in [6.45, 7) is 1.65. The molecule has 148 valence electrons. The molecule has 0 radical (unpaired) electrons. The van der Waals surface area contributed by atoms with E-state index in [1.54, 1.807) is 6.07 Å². The second kappa shape index (κ2) is 7.38. The van der Waals surface area contributed by atoms with Gasteiger partial charge in [0.2, 0.25) is 0 Å². The summed E-state index contributed by atoms with van der Waals surface area (Å²) >= 11 is 1.52. The minimum atomic E-state index is -0.856. The van der Waals surface area contributed by atoms with Gasteiger partial charge in [0, 0.05) is 6.07 Å². The van der Waals surface area contributed by atoms with Gasteiger partial charge >= 0.3 is 12.0 Å². The number of amides is 3. The van der Waals surface area contributed by atoms with Gasteiger partial charge in [-0.2, -0.15) is 0 Å². The fourth-order valence-corrected chi connectivity index (χ4v) is 4.33. The molecule has 1 saturated heterocycles. The molecule has 0 atom stereocenters. The predicted octanol–water partition coefficient (Wildman–Crippen LogP) is 2.95. The molecule has 0 aromatic carbocycles. The molecular formula is C19H21N3O5S. The van der Waals surface area contributed by atoms with Crippen molar-refractivity contribution in [1.29, 1.82) is 0 Å². The summed E-state index contributed by atoms with van der Waals surface area (Å²) in [6, 6.07) is 4.98. The summed E-state index contributed by atoms with van der Waals surface area (Å²) < 4.78 is 10.4. The summed E-state index contributed by atoms with van der Waals surface area (Å²) in [5.74, 6) is 0.146. The van der Waals surface area contributed by atoms with Crippen molar-refractivity contribution in [2.75, 3.05) is 6.54 Å². The number of nitrogens with zero attached hydrogens (tertiary/aromatic N) is 2. The Bertz CT molecular complexity index is 883. The molecule has 1 aliphatic carbocycles. The lowest BCUT2D eigenvalue weighted by atomic mass is 9.77. The first-order chi connectivity index (χ1) is 13.5. The van der Waals surface area contributed by atoms with E-state index < -0.39 is 24.1 Å². The predicted molar refractivity (Wildman–Crippen MR) is 100 cm³/mol. The largest absolute Gasteiger partial charge is 0.458 e. The number of imide groups is 1. The summed E-state index contributed by atoms with van der Waals surface area (Å²) in [4.78, 5) is 39.1. The zero-order chi connectivity index (χ0) is 19.7. The summed E-state index contributed by atoms with van der Waals surface area (Å²) in [5.41, 5.74) is -0.391. The van der Waals surface area contributed by atoms with Gasteiger partial charge in [0.15, 0.2) is 5.76 Å². The number of carbonyl (C=O) groups is 3. The molecule has 28 heavy (non-hydrogen) atoms. The van der Waals surface area contributed by atoms with Crippen LogP contribution in [0.2, 0.25) is 0 Å². The van der Waals surface area contributed by atoms with Crippen molar-refractivity contribution in [2.45, 2.75) is 44.8 Å². The molecule has 0 bridgehead atoms. The first-order valence-corrected chi connectivity index (χ1v) is 10.1. The molecule has 4 rings (SSSR count). The molecule has 1 N–H and O–H groups in total. The van der Waals surface area contributed by atoms with Crippen LogP contribution < -0.4 is 5.32 Å². The molecule has 1 aliphatic heterocycles. The van der Waals surface area contributed by atoms with Crippen molar-refractivity contribution in [3.05, 3.63) is 29.3 Å². The van der Waals surface area contributed by atoms with Crippen LogP contribution in [-0.4, -0.2) is 40.0 Å². The molecule has 9 heteroatoms. The highest BCUT2D eigenvalue weighted by atomic mass is 32.1. The van der Waals surface area contributed by atoms with Gasteiger partial charge in [0.05, 0.1) is 4.88 Å². The number of aromatic nitrogens is 1. The highest BCUT2D eigenvalue weighted by Gasteiger charge is 2.52. The number of hydrogen-bond acceptors (Lipinski definition) is 7. The molecule has 0 unspecified atom stereocenters. The van der Waals surface area contributed by atoms with Gasteiger partial charge in [0.25, 0.3) is 5.91 Å². The highest BCUT2D eigenvalue weighted by Crippen LogP contribution is 2.36. The Labute approximate surface area is 165 Å². The van der Waals surface area contributed by atoms with E-state index in [1.807, 2.05) is 17.5 Å². The average Bonchev–Trinajstić information content (AvgIpc) is 3.40. The maximum absolute atomic E-state index is 12.8. The van der Waals surface area contributed by atoms with Crippen LogP contribution in [0.15, 0.2) is 28.1 Å². The van der Waals surface area contributed by atoms with Crippen LogP contribution in [0.25, 0.3) is 10.6 Å². The first kappa shape index (κ1) is 18.7. The van der Waals surface area contributed by atoms with E-state index in [9.17, 15) is 14.4 Å². The van der Waals surface area contributed by atoms with E-state index in [2.05, 4.69) is 17.4 Å². The van der Waals surface area contributed by atoms with E-state index in [4.69, 9.17) is 9.26 Å². The van der Waals surface area contributed by atoms with Crippen molar-refractivity contribution < 1.29 is 23.6 Å². The van der Waals surface area contributed by atoms with E-state index in [0.29, 0.717) is 30.2 Å². The second-order valence-corrected chi connectivity index (χ2v) is 8.35. The monoisotopic (exact) mass is 403 g/mol. The van der Waals surface area contributed by atoms with Crippen LogP contribution in [0, 0.1) is 5.92 Å². The van der Waals surface area contributed by atoms with Crippen LogP contribution in [0.1, 0.15) is 38.3 Å². The normalized spacial score (nSPS) is 24.6. The minimum absolute atomic E-state index is 0.0833. The zero-order valence-electron chi connectivity index (χ0n) is 15.5. The van der Waals surface area contributed by atoms with Gasteiger partial charge in [-0.1, -0.05) is 18.1 Å². The third-order valence-electron chi connectivity index (χ3n) is 5.36. The molecular weight excluding hydrogens is 382 g/mol. The number of urea groups is 1. The van der Waals surface area contributed by atoms with Crippen molar-refractivity contribution in [3.63, 3.8) is 0 Å². The molecule has 2 aliphatic rings. The topological polar surface area (TPSA) is 102 Å². The van der Waals surface area contributed by atoms with Crippen molar-refractivity contribution in [1.82, 2.24) is 15.4 Å². The Kier molecular flexibility index (Phi) is 4.92. The minimum Gasteiger partial charge on any atom is -0.458 e. The Morgan fingerprint density at radius 1 is 1.43 bits per heavy atom. The van der Waals surface area contributed by atoms with Crippen LogP contribution >= 0.6 is 11.3 Å². The molecule has 8 nitrogen and oxygen atoms in total. The molecule has 2 fully saturated rings. The van der Waals surface area contributed by atoms with Crippen LogP contribution in [-0.2, 0) is 20.9 Å². The maximum Gasteiger partial charge on any atom is 0.326 e. The fourth-order valence-electron chi connectivity index (χ4n) is 3.66. The SMILES string of the molecule is CC1CCC2(CC1)NC(=O)N(CC(=O)OCc1cc(-c3cccs3)on1)C2=O. The molecule has 3 heterocycles. The zero-order valence-corrected chi connectivity index (χ0v) is 16.3. The van der Waals surface area contributed by atoms with Crippen molar-refractivity contribution in [3.8, 4) is 10.6 Å². The molecule has 1 spiro atoms. The smallest absolute Gasteiger partial charge is 0.326 e. The highest BCUT2D eigenvalue weighted by molar-refractivity contribution is 7.13.